The number of benzene rings is 1. The van der Waals surface area contributed by atoms with Crippen molar-refractivity contribution in [3.8, 4) is 0 Å². The van der Waals surface area contributed by atoms with Gasteiger partial charge >= 0.3 is 18.1 Å². The number of alkyl halides is 3. The van der Waals surface area contributed by atoms with E-state index in [4.69, 9.17) is 20.4 Å². The second-order valence-electron chi connectivity index (χ2n) is 7.10. The maximum Gasteiger partial charge on any atom is 0.490 e. The highest BCUT2D eigenvalue weighted by Gasteiger charge is 2.38. The first-order valence-electron chi connectivity index (χ1n) is 10.3. The molecule has 0 aliphatic carbocycles. The number of nitrogens with one attached hydrogen (secondary N) is 2. The van der Waals surface area contributed by atoms with Gasteiger partial charge in [0.1, 0.15) is 10.8 Å². The molecule has 1 atom stereocenters. The van der Waals surface area contributed by atoms with E-state index in [1.807, 2.05) is 6.92 Å². The molecule has 0 saturated carbocycles. The van der Waals surface area contributed by atoms with Crippen LogP contribution in [0.5, 0.6) is 0 Å². The summed E-state index contributed by atoms with van der Waals surface area (Å²) in [6.45, 7) is 4.01. The fourth-order valence-electron chi connectivity index (χ4n) is 2.90. The van der Waals surface area contributed by atoms with Crippen molar-refractivity contribution >= 4 is 40.1 Å². The van der Waals surface area contributed by atoms with Gasteiger partial charge in [0.2, 0.25) is 5.91 Å². The molecule has 2 rings (SSSR count). The van der Waals surface area contributed by atoms with E-state index in [9.17, 15) is 31.9 Å². The molecule has 198 valence electrons. The number of aliphatic carboxylic acids is 1. The molecule has 36 heavy (non-hydrogen) atoms. The zero-order chi connectivity index (χ0) is 27.6. The molecule has 1 aromatic heterocycles. The van der Waals surface area contributed by atoms with E-state index in [1.165, 1.54) is 19.2 Å². The Morgan fingerprint density at radius 3 is 2.17 bits per heavy atom. The molecule has 1 aromatic carbocycles. The van der Waals surface area contributed by atoms with Crippen LogP contribution in [0.1, 0.15) is 50.4 Å². The number of carboxylic acid groups (broad SMARTS) is 1. The fraction of sp³-hybridized carbons (Fsp3) is 0.364. The number of amides is 2. The van der Waals surface area contributed by atoms with Gasteiger partial charge in [0.25, 0.3) is 5.91 Å². The van der Waals surface area contributed by atoms with Gasteiger partial charge in [-0.2, -0.15) is 13.2 Å². The first-order chi connectivity index (χ1) is 16.8. The van der Waals surface area contributed by atoms with Crippen LogP contribution < -0.4 is 16.4 Å². The monoisotopic (exact) mass is 535 g/mol. The summed E-state index contributed by atoms with van der Waals surface area (Å²) in [7, 11) is 1.23. The lowest BCUT2D eigenvalue weighted by Gasteiger charge is -2.15. The lowest BCUT2D eigenvalue weighted by Crippen LogP contribution is -2.28. The normalized spacial score (nSPS) is 11.6. The van der Waals surface area contributed by atoms with Crippen LogP contribution in [0.15, 0.2) is 24.3 Å². The van der Waals surface area contributed by atoms with Crippen LogP contribution in [0.2, 0.25) is 0 Å². The first kappa shape index (κ1) is 30.5. The molecule has 2 amide bonds. The molecule has 0 bridgehead atoms. The van der Waals surface area contributed by atoms with Crippen LogP contribution in [0.3, 0.4) is 0 Å². The number of hydrogen-bond donors (Lipinski definition) is 4. The molecule has 2 aromatic rings. The zero-order valence-corrected chi connectivity index (χ0v) is 20.3. The second kappa shape index (κ2) is 13.5. The Hall–Kier alpha value is -3.52. The van der Waals surface area contributed by atoms with Gasteiger partial charge < -0.3 is 26.2 Å². The SMILES string of the molecule is CCC(C(=O)Nc1sc(C(=O)NCCN)c(C)c1C(=O)OC)c1ccc(F)cc1.O=C(O)C(F)(F)F. The van der Waals surface area contributed by atoms with Gasteiger partial charge in [0.05, 0.1) is 23.5 Å². The van der Waals surface area contributed by atoms with Crippen molar-refractivity contribution in [1.82, 2.24) is 5.32 Å². The van der Waals surface area contributed by atoms with Crippen LogP contribution >= 0.6 is 11.3 Å². The number of nitrogens with two attached hydrogens (primary N) is 1. The summed E-state index contributed by atoms with van der Waals surface area (Å²) < 4.78 is 49.8. The molecule has 0 saturated heterocycles. The Bertz CT molecular complexity index is 1090. The van der Waals surface area contributed by atoms with E-state index in [0.29, 0.717) is 22.4 Å². The number of methoxy groups -OCH3 is 1. The van der Waals surface area contributed by atoms with E-state index in [-0.39, 0.29) is 41.3 Å². The first-order valence-corrected chi connectivity index (χ1v) is 11.2. The molecule has 0 spiro atoms. The van der Waals surface area contributed by atoms with Crippen molar-refractivity contribution in [2.45, 2.75) is 32.4 Å². The number of halogens is 4. The Labute approximate surface area is 207 Å². The molecule has 0 aliphatic heterocycles. The lowest BCUT2D eigenvalue weighted by atomic mass is 9.95. The number of esters is 1. The molecule has 1 heterocycles. The van der Waals surface area contributed by atoms with Crippen LogP contribution in [0, 0.1) is 12.7 Å². The van der Waals surface area contributed by atoms with E-state index in [2.05, 4.69) is 10.6 Å². The quantitative estimate of drug-likeness (QED) is 0.299. The predicted molar refractivity (Wildman–Crippen MR) is 124 cm³/mol. The number of thiophene rings is 1. The average molecular weight is 536 g/mol. The Balaban J connectivity index is 0.000000809. The van der Waals surface area contributed by atoms with Crippen molar-refractivity contribution in [3.05, 3.63) is 51.7 Å². The van der Waals surface area contributed by atoms with Gasteiger partial charge in [0, 0.05) is 13.1 Å². The highest BCUT2D eigenvalue weighted by Crippen LogP contribution is 2.35. The highest BCUT2D eigenvalue weighted by molar-refractivity contribution is 7.18. The Morgan fingerprint density at radius 2 is 1.72 bits per heavy atom. The van der Waals surface area contributed by atoms with Crippen LogP contribution in [0.25, 0.3) is 0 Å². The number of ether oxygens (including phenoxy) is 1. The van der Waals surface area contributed by atoms with Gasteiger partial charge in [-0.25, -0.2) is 14.0 Å². The maximum atomic E-state index is 13.2. The summed E-state index contributed by atoms with van der Waals surface area (Å²) in [6, 6.07) is 5.69. The van der Waals surface area contributed by atoms with Crippen molar-refractivity contribution in [2.24, 2.45) is 5.73 Å². The van der Waals surface area contributed by atoms with Gasteiger partial charge in [-0.05, 0) is 36.6 Å². The summed E-state index contributed by atoms with van der Waals surface area (Å²) in [6.07, 6.45) is -4.61. The third-order valence-electron chi connectivity index (χ3n) is 4.65. The minimum atomic E-state index is -5.08. The predicted octanol–water partition coefficient (Wildman–Crippen LogP) is 3.44. The summed E-state index contributed by atoms with van der Waals surface area (Å²) in [5, 5.41) is 12.8. The van der Waals surface area contributed by atoms with Crippen molar-refractivity contribution in [2.75, 3.05) is 25.5 Å². The van der Waals surface area contributed by atoms with E-state index >= 15 is 0 Å². The number of carboxylic acids is 1. The number of anilines is 1. The summed E-state index contributed by atoms with van der Waals surface area (Å²) in [5.74, 6) is -5.08. The van der Waals surface area contributed by atoms with E-state index in [1.54, 1.807) is 19.1 Å². The molecule has 9 nitrogen and oxygen atoms in total. The molecule has 0 radical (unpaired) electrons. The molecule has 0 fully saturated rings. The number of hydrogen-bond acceptors (Lipinski definition) is 7. The second-order valence-corrected chi connectivity index (χ2v) is 8.12. The smallest absolute Gasteiger partial charge is 0.475 e. The minimum Gasteiger partial charge on any atom is -0.475 e. The summed E-state index contributed by atoms with van der Waals surface area (Å²) >= 11 is 0.997. The van der Waals surface area contributed by atoms with Gasteiger partial charge in [-0.3, -0.25) is 9.59 Å². The molecule has 0 aliphatic rings. The summed E-state index contributed by atoms with van der Waals surface area (Å²) in [5.41, 5.74) is 6.62. The van der Waals surface area contributed by atoms with Crippen molar-refractivity contribution < 1.29 is 46.6 Å². The maximum absolute atomic E-state index is 13.2. The largest absolute Gasteiger partial charge is 0.490 e. The molecule has 5 N–H and O–H groups in total. The fourth-order valence-corrected chi connectivity index (χ4v) is 4.01. The number of rotatable bonds is 8. The third-order valence-corrected chi connectivity index (χ3v) is 5.85. The molecule has 14 heteroatoms. The van der Waals surface area contributed by atoms with Crippen molar-refractivity contribution in [3.63, 3.8) is 0 Å². The standard InChI is InChI=1S/C20H24FN3O4S.C2HF3O2/c1-4-14(12-5-7-13(21)8-6-12)17(25)24-19-15(20(27)28-3)11(2)16(29-19)18(26)23-10-9-22;3-2(4,5)1(6)7/h5-8,14H,4,9-10,22H2,1-3H3,(H,23,26)(H,24,25);(H,6,7). The third kappa shape index (κ3) is 8.30. The molecule has 1 unspecified atom stereocenters. The highest BCUT2D eigenvalue weighted by atomic mass is 32.1. The number of carbonyl (C=O) groups is 4. The lowest BCUT2D eigenvalue weighted by molar-refractivity contribution is -0.192. The van der Waals surface area contributed by atoms with E-state index in [0.717, 1.165) is 11.3 Å². The molecular formula is C22H25F4N3O6S. The average Bonchev–Trinajstić information content (AvgIpc) is 3.14. The Kier molecular flexibility index (Phi) is 11.5. The van der Waals surface area contributed by atoms with Gasteiger partial charge in [-0.1, -0.05) is 19.1 Å². The van der Waals surface area contributed by atoms with E-state index < -0.39 is 24.0 Å². The van der Waals surface area contributed by atoms with Crippen LogP contribution in [0.4, 0.5) is 22.6 Å². The Morgan fingerprint density at radius 1 is 1.17 bits per heavy atom. The van der Waals surface area contributed by atoms with Crippen LogP contribution in [-0.2, 0) is 14.3 Å². The van der Waals surface area contributed by atoms with Crippen LogP contribution in [-0.4, -0.2) is 55.2 Å². The van der Waals surface area contributed by atoms with Gasteiger partial charge in [0.15, 0.2) is 0 Å². The molecular weight excluding hydrogens is 510 g/mol. The zero-order valence-electron chi connectivity index (χ0n) is 19.5. The van der Waals surface area contributed by atoms with Gasteiger partial charge in [-0.15, -0.1) is 11.3 Å². The van der Waals surface area contributed by atoms with Crippen molar-refractivity contribution in [1.29, 1.82) is 0 Å². The minimum absolute atomic E-state index is 0.137. The number of carbonyl (C=O) groups excluding carboxylic acids is 3. The topological polar surface area (TPSA) is 148 Å². The summed E-state index contributed by atoms with van der Waals surface area (Å²) in [4.78, 5) is 46.7.